The number of carbonyl (C=O) groups excluding carboxylic acids is 2. The fourth-order valence-corrected chi connectivity index (χ4v) is 9.93. The third-order valence-corrected chi connectivity index (χ3v) is 12.8. The van der Waals surface area contributed by atoms with Gasteiger partial charge in [-0.3, -0.25) is 9.59 Å². The number of rotatable bonds is 9. The smallest absolute Gasteiger partial charge is 0.273 e. The van der Waals surface area contributed by atoms with Crippen LogP contribution in [0.4, 0.5) is 5.69 Å². The summed E-state index contributed by atoms with van der Waals surface area (Å²) < 4.78 is 11.5. The molecule has 51 heavy (non-hydrogen) atoms. The predicted molar refractivity (Wildman–Crippen MR) is 199 cm³/mol. The number of aryl methyl sites for hydroxylation is 1. The molecule has 2 amide bonds. The molecular weight excluding hydrogens is 640 g/mol. The fourth-order valence-electron chi connectivity index (χ4n) is 9.93. The molecule has 6 atom stereocenters. The zero-order chi connectivity index (χ0) is 35.9. The number of piperazine rings is 1. The zero-order valence-electron chi connectivity index (χ0n) is 30.6. The van der Waals surface area contributed by atoms with Crippen molar-refractivity contribution in [2.45, 2.75) is 83.3 Å². The van der Waals surface area contributed by atoms with Gasteiger partial charge >= 0.3 is 0 Å². The SMILES string of the molecule is C#C[C@]1(O)CCC2[C@@H]3CCc4cc(OCOC)c(N5CCN(C(=O)[C@H](C)N(CCC)C(=O)c6ccc7ccccc7n6)CC5)cc4C3CC[C@@]21C. The molecule has 270 valence electrons. The number of anilines is 1. The number of para-hydroxylation sites is 1. The lowest BCUT2D eigenvalue weighted by Gasteiger charge is -2.52. The van der Waals surface area contributed by atoms with Crippen molar-refractivity contribution in [1.29, 1.82) is 0 Å². The van der Waals surface area contributed by atoms with E-state index in [1.165, 1.54) is 11.1 Å². The van der Waals surface area contributed by atoms with Gasteiger partial charge in [-0.1, -0.05) is 44.0 Å². The van der Waals surface area contributed by atoms with Crippen LogP contribution in [-0.2, 0) is 16.0 Å². The normalized spacial score (nSPS) is 27.6. The molecule has 4 aliphatic rings. The van der Waals surface area contributed by atoms with Crippen molar-refractivity contribution in [1.82, 2.24) is 14.8 Å². The van der Waals surface area contributed by atoms with Gasteiger partial charge in [0.25, 0.3) is 5.91 Å². The molecule has 7 rings (SSSR count). The molecule has 1 N–H and O–H groups in total. The number of nitrogens with zero attached hydrogens (tertiary/aromatic N) is 4. The molecule has 0 spiro atoms. The minimum atomic E-state index is -1.02. The van der Waals surface area contributed by atoms with E-state index < -0.39 is 11.6 Å². The number of ether oxygens (including phenoxy) is 2. The summed E-state index contributed by atoms with van der Waals surface area (Å²) in [6, 6.07) is 15.4. The average Bonchev–Trinajstić information content (AvgIpc) is 3.44. The van der Waals surface area contributed by atoms with E-state index in [2.05, 4.69) is 34.9 Å². The molecule has 0 bridgehead atoms. The van der Waals surface area contributed by atoms with Gasteiger partial charge in [-0.05, 0) is 105 Å². The number of amides is 2. The summed E-state index contributed by atoms with van der Waals surface area (Å²) in [5.74, 6) is 4.66. The van der Waals surface area contributed by atoms with Crippen LogP contribution in [0, 0.1) is 29.6 Å². The molecule has 2 aromatic carbocycles. The first-order chi connectivity index (χ1) is 24.6. The second-order valence-corrected chi connectivity index (χ2v) is 15.4. The Bertz CT molecular complexity index is 1830. The lowest BCUT2D eigenvalue weighted by Crippen LogP contribution is -2.55. The van der Waals surface area contributed by atoms with Gasteiger partial charge in [0, 0.05) is 50.6 Å². The second-order valence-electron chi connectivity index (χ2n) is 15.4. The summed E-state index contributed by atoms with van der Waals surface area (Å²) in [5.41, 5.74) is 3.63. The van der Waals surface area contributed by atoms with Crippen molar-refractivity contribution in [3.63, 3.8) is 0 Å². The van der Waals surface area contributed by atoms with Crippen LogP contribution in [0.25, 0.3) is 10.9 Å². The highest BCUT2D eigenvalue weighted by Gasteiger charge is 2.61. The molecule has 2 unspecified atom stereocenters. The highest BCUT2D eigenvalue weighted by atomic mass is 16.7. The number of carbonyl (C=O) groups is 2. The summed E-state index contributed by atoms with van der Waals surface area (Å²) in [6.07, 6.45) is 12.3. The van der Waals surface area contributed by atoms with Crippen LogP contribution >= 0.6 is 0 Å². The third-order valence-electron chi connectivity index (χ3n) is 12.8. The van der Waals surface area contributed by atoms with Gasteiger partial charge in [0.15, 0.2) is 6.79 Å². The first-order valence-electron chi connectivity index (χ1n) is 18.8. The van der Waals surface area contributed by atoms with Crippen molar-refractivity contribution in [2.24, 2.45) is 17.3 Å². The monoisotopic (exact) mass is 692 g/mol. The highest BCUT2D eigenvalue weighted by Crippen LogP contribution is 2.64. The van der Waals surface area contributed by atoms with Crippen LogP contribution in [0.5, 0.6) is 5.75 Å². The molecule has 2 heterocycles. The van der Waals surface area contributed by atoms with Gasteiger partial charge in [0.2, 0.25) is 5.91 Å². The van der Waals surface area contributed by atoms with Crippen LogP contribution in [0.3, 0.4) is 0 Å². The minimum absolute atomic E-state index is 0.0462. The summed E-state index contributed by atoms with van der Waals surface area (Å²) in [4.78, 5) is 38.2. The molecule has 1 aromatic heterocycles. The summed E-state index contributed by atoms with van der Waals surface area (Å²) >= 11 is 0. The fraction of sp³-hybridized carbons (Fsp3) is 0.548. The maximum absolute atomic E-state index is 14.0. The molecule has 1 saturated heterocycles. The summed E-state index contributed by atoms with van der Waals surface area (Å²) in [5, 5.41) is 12.4. The Morgan fingerprint density at radius 1 is 1.10 bits per heavy atom. The standard InChI is InChI=1S/C42H52N4O5/c1-6-20-46(40(48)36-15-13-29-10-8-9-11-35(29)43-36)28(3)39(47)45-23-21-44(22-24-45)37-26-33-30(25-38(37)51-27-50-5)12-14-32-31(33)16-18-41(4)34(32)17-19-42(41,49)7-2/h2,8-11,13,15,25-26,28,31-32,34,49H,6,12,14,16-24,27H2,1,3-5H3/t28-,31?,32+,34?,41-,42-/m0/s1. The highest BCUT2D eigenvalue weighted by molar-refractivity contribution is 5.97. The first kappa shape index (κ1) is 35.3. The van der Waals surface area contributed by atoms with Crippen molar-refractivity contribution in [3.05, 3.63) is 65.4 Å². The quantitative estimate of drug-likeness (QED) is 0.216. The van der Waals surface area contributed by atoms with E-state index in [9.17, 15) is 14.7 Å². The van der Waals surface area contributed by atoms with E-state index in [0.717, 1.165) is 60.9 Å². The maximum atomic E-state index is 14.0. The van der Waals surface area contributed by atoms with Gasteiger partial charge in [0.1, 0.15) is 23.1 Å². The number of terminal acetylenes is 1. The van der Waals surface area contributed by atoms with E-state index in [4.69, 9.17) is 15.9 Å². The number of aliphatic hydroxyl groups is 1. The number of pyridine rings is 1. The second kappa shape index (κ2) is 14.1. The van der Waals surface area contributed by atoms with E-state index >= 15 is 0 Å². The molecule has 3 aliphatic carbocycles. The Morgan fingerprint density at radius 2 is 1.88 bits per heavy atom. The first-order valence-corrected chi connectivity index (χ1v) is 18.8. The van der Waals surface area contributed by atoms with E-state index in [1.54, 1.807) is 18.1 Å². The predicted octanol–water partition coefficient (Wildman–Crippen LogP) is 6.03. The Balaban J connectivity index is 1.08. The van der Waals surface area contributed by atoms with E-state index in [-0.39, 0.29) is 24.0 Å². The average molecular weight is 693 g/mol. The van der Waals surface area contributed by atoms with Crippen LogP contribution in [0.2, 0.25) is 0 Å². The molecular formula is C42H52N4O5. The van der Waals surface area contributed by atoms with Crippen molar-refractivity contribution in [2.75, 3.05) is 51.5 Å². The third kappa shape index (κ3) is 6.14. The minimum Gasteiger partial charge on any atom is -0.465 e. The Kier molecular flexibility index (Phi) is 9.77. The number of fused-ring (bicyclic) bond motifs is 6. The largest absolute Gasteiger partial charge is 0.465 e. The van der Waals surface area contributed by atoms with Crippen LogP contribution in [0.15, 0.2) is 48.5 Å². The lowest BCUT2D eigenvalue weighted by atomic mass is 9.53. The van der Waals surface area contributed by atoms with Crippen molar-refractivity contribution in [3.8, 4) is 18.1 Å². The Morgan fingerprint density at radius 3 is 2.63 bits per heavy atom. The van der Waals surface area contributed by atoms with E-state index in [0.29, 0.717) is 62.6 Å². The Labute approximate surface area is 302 Å². The number of aromatic nitrogens is 1. The van der Waals surface area contributed by atoms with Gasteiger partial charge in [-0.2, -0.15) is 0 Å². The number of hydrogen-bond donors (Lipinski definition) is 1. The van der Waals surface area contributed by atoms with Gasteiger partial charge < -0.3 is 29.3 Å². The molecule has 2 saturated carbocycles. The molecule has 0 radical (unpaired) electrons. The maximum Gasteiger partial charge on any atom is 0.273 e. The van der Waals surface area contributed by atoms with Crippen LogP contribution in [0.1, 0.15) is 86.8 Å². The van der Waals surface area contributed by atoms with Crippen LogP contribution < -0.4 is 9.64 Å². The lowest BCUT2D eigenvalue weighted by molar-refractivity contribution is -0.135. The summed E-state index contributed by atoms with van der Waals surface area (Å²) in [6.45, 7) is 9.10. The number of hydrogen-bond acceptors (Lipinski definition) is 7. The molecule has 9 nitrogen and oxygen atoms in total. The van der Waals surface area contributed by atoms with Gasteiger partial charge in [-0.15, -0.1) is 6.42 Å². The topological polar surface area (TPSA) is 95.4 Å². The van der Waals surface area contributed by atoms with Crippen molar-refractivity contribution < 1.29 is 24.2 Å². The van der Waals surface area contributed by atoms with Crippen LogP contribution in [-0.4, -0.2) is 90.0 Å². The summed E-state index contributed by atoms with van der Waals surface area (Å²) in [7, 11) is 1.63. The Hall–Kier alpha value is -4.13. The van der Waals surface area contributed by atoms with Gasteiger partial charge in [0.05, 0.1) is 11.2 Å². The molecule has 3 fully saturated rings. The van der Waals surface area contributed by atoms with Crippen molar-refractivity contribution >= 4 is 28.4 Å². The zero-order valence-corrected chi connectivity index (χ0v) is 30.6. The molecule has 3 aromatic rings. The van der Waals surface area contributed by atoms with Gasteiger partial charge in [-0.25, -0.2) is 4.98 Å². The molecule has 1 aliphatic heterocycles. The number of benzene rings is 2. The van der Waals surface area contributed by atoms with E-state index in [1.807, 2.05) is 49.1 Å². The molecule has 9 heteroatoms. The number of methoxy groups -OCH3 is 1.